The van der Waals surface area contributed by atoms with Gasteiger partial charge in [-0.3, -0.25) is 46.3 Å². The third-order valence-corrected chi connectivity index (χ3v) is 23.3. The smallest absolute Gasteiger partial charge is 0.394 e. The molecule has 38 nitrogen and oxygen atoms in total. The summed E-state index contributed by atoms with van der Waals surface area (Å²) in [6.07, 6.45) is -8.47. The average molecular weight is 1740 g/mol. The van der Waals surface area contributed by atoms with Gasteiger partial charge in [-0.15, -0.1) is 0 Å². The van der Waals surface area contributed by atoms with Gasteiger partial charge in [0, 0.05) is 122 Å². The number of nitrogens with one attached hydrogen (secondary N) is 1. The van der Waals surface area contributed by atoms with Crippen molar-refractivity contribution in [3.8, 4) is 0 Å². The SMILES string of the molecule is C.CC.CC(C)C.CCCC(COCCCOP(=O)(O)OC1CCN(C(=O)CCCCO[C@@H]2OC(CO)[C@H](O)[C@H](O)C2C)CC1)(COCCCOP(=O)(O)OC1CCN(C(=O)CCCCO[C@@H]2OC(CO)[C@H](O)[C@H](O)C2C)CC1)COCCCOP(=O)(O)OC1CCN(C(=O)CCCCO[C@@H]2OC(CO)[C@H](O)[C@H](O)C2NC(C)=O)CC1. The van der Waals surface area contributed by atoms with Crippen LogP contribution in [-0.2, 0) is 103 Å². The molecule has 684 valence electrons. The summed E-state index contributed by atoms with van der Waals surface area (Å²) >= 11 is 0. The molecule has 116 heavy (non-hydrogen) atoms. The van der Waals surface area contributed by atoms with Gasteiger partial charge in [-0.25, -0.2) is 13.7 Å². The molecule has 0 bridgehead atoms. The van der Waals surface area contributed by atoms with E-state index >= 15 is 0 Å². The highest BCUT2D eigenvalue weighted by Gasteiger charge is 2.47. The lowest BCUT2D eigenvalue weighted by Gasteiger charge is -2.42. The molecule has 9 unspecified atom stereocenters. The first-order chi connectivity index (χ1) is 54.7. The van der Waals surface area contributed by atoms with Gasteiger partial charge in [0.1, 0.15) is 48.8 Å². The molecule has 0 aliphatic carbocycles. The fraction of sp³-hybridized carbons (Fsp3) is 0.947. The van der Waals surface area contributed by atoms with Crippen LogP contribution in [0.1, 0.15) is 198 Å². The Balaban J connectivity index is 0.00000481. The first kappa shape index (κ1) is 108. The number of phosphoric acid groups is 3. The average Bonchev–Trinajstić information content (AvgIpc) is 0.821. The van der Waals surface area contributed by atoms with E-state index in [0.29, 0.717) is 103 Å². The number of aliphatic hydroxyl groups is 9. The summed E-state index contributed by atoms with van der Waals surface area (Å²) in [5, 5.41) is 92.5. The largest absolute Gasteiger partial charge is 0.472 e. The molecular weight excluding hydrogens is 1590 g/mol. The Labute approximate surface area is 685 Å². The van der Waals surface area contributed by atoms with E-state index in [0.717, 1.165) is 5.92 Å². The van der Waals surface area contributed by atoms with Gasteiger partial charge < -0.3 is 123 Å². The molecule has 0 aromatic heterocycles. The van der Waals surface area contributed by atoms with Gasteiger partial charge in [-0.2, -0.15) is 0 Å². The summed E-state index contributed by atoms with van der Waals surface area (Å²) in [5.41, 5.74) is -0.777. The Morgan fingerprint density at radius 2 is 0.733 bits per heavy atom. The second-order valence-corrected chi connectivity index (χ2v) is 34.9. The minimum absolute atomic E-state index is 0. The maximum absolute atomic E-state index is 13.1. The lowest BCUT2D eigenvalue weighted by Crippen LogP contribution is -2.64. The summed E-state index contributed by atoms with van der Waals surface area (Å²) in [6.45, 7) is 17.7. The van der Waals surface area contributed by atoms with Crippen molar-refractivity contribution in [2.45, 2.75) is 296 Å². The monoisotopic (exact) mass is 1740 g/mol. The zero-order valence-electron chi connectivity index (χ0n) is 69.0. The van der Waals surface area contributed by atoms with Crippen molar-refractivity contribution >= 4 is 47.1 Å². The number of likely N-dealkylation sites (tertiary alicyclic amines) is 3. The lowest BCUT2D eigenvalue weighted by molar-refractivity contribution is -0.282. The van der Waals surface area contributed by atoms with E-state index in [-0.39, 0.29) is 169 Å². The Morgan fingerprint density at radius 3 is 1.02 bits per heavy atom. The van der Waals surface area contributed by atoms with Crippen LogP contribution in [0.5, 0.6) is 0 Å². The first-order valence-electron chi connectivity index (χ1n) is 41.2. The second-order valence-electron chi connectivity index (χ2n) is 30.7. The quantitative estimate of drug-likeness (QED) is 0.0297. The number of nitrogens with zero attached hydrogens (tertiary/aromatic N) is 3. The van der Waals surface area contributed by atoms with Gasteiger partial charge in [0.15, 0.2) is 18.9 Å². The molecular formula is C75H145N4O34P3. The summed E-state index contributed by atoms with van der Waals surface area (Å²) in [4.78, 5) is 87.8. The fourth-order valence-electron chi connectivity index (χ4n) is 13.7. The van der Waals surface area contributed by atoms with Crippen LogP contribution in [0.25, 0.3) is 0 Å². The summed E-state index contributed by atoms with van der Waals surface area (Å²) < 4.78 is 124. The third kappa shape index (κ3) is 39.6. The Hall–Kier alpha value is -2.51. The number of carbonyl (C=O) groups excluding carboxylic acids is 4. The van der Waals surface area contributed by atoms with E-state index < -0.39 is 165 Å². The summed E-state index contributed by atoms with van der Waals surface area (Å²) in [5.74, 6) is -1.05. The van der Waals surface area contributed by atoms with Crippen LogP contribution in [0.15, 0.2) is 0 Å². The zero-order valence-corrected chi connectivity index (χ0v) is 71.7. The lowest BCUT2D eigenvalue weighted by atomic mass is 9.86. The van der Waals surface area contributed by atoms with E-state index in [1.54, 1.807) is 28.5 Å². The number of phosphoric ester groups is 3. The number of unbranched alkanes of at least 4 members (excludes halogenated alkanes) is 3. The van der Waals surface area contributed by atoms with Crippen LogP contribution in [0.3, 0.4) is 0 Å². The van der Waals surface area contributed by atoms with Crippen molar-refractivity contribution in [2.75, 3.05) is 138 Å². The second kappa shape index (κ2) is 57.1. The molecule has 4 amide bonds. The number of aliphatic hydroxyl groups excluding tert-OH is 9. The van der Waals surface area contributed by atoms with Crippen LogP contribution in [0.2, 0.25) is 0 Å². The maximum Gasteiger partial charge on any atom is 0.472 e. The van der Waals surface area contributed by atoms with Crippen LogP contribution >= 0.6 is 23.5 Å². The molecule has 0 radical (unpaired) electrons. The molecule has 6 rings (SSSR count). The topological polar surface area (TPSA) is 522 Å². The van der Waals surface area contributed by atoms with E-state index in [9.17, 15) is 93.5 Å². The molecule has 0 aromatic rings. The van der Waals surface area contributed by atoms with Crippen LogP contribution in [0.4, 0.5) is 0 Å². The molecule has 6 aliphatic heterocycles. The Kier molecular flexibility index (Phi) is 53.0. The molecule has 41 heteroatoms. The molecule has 0 spiro atoms. The number of rotatable bonds is 51. The van der Waals surface area contributed by atoms with Gasteiger partial charge in [0.25, 0.3) is 0 Å². The van der Waals surface area contributed by atoms with Gasteiger partial charge in [-0.05, 0) is 109 Å². The Morgan fingerprint density at radius 1 is 0.448 bits per heavy atom. The van der Waals surface area contributed by atoms with Crippen molar-refractivity contribution in [3.63, 3.8) is 0 Å². The molecule has 6 fully saturated rings. The first-order valence-corrected chi connectivity index (χ1v) is 45.7. The fourth-order valence-corrected chi connectivity index (χ4v) is 16.7. The molecule has 13 N–H and O–H groups in total. The summed E-state index contributed by atoms with van der Waals surface area (Å²) in [6, 6.07) is -1.09. The number of hydrogen-bond acceptors (Lipinski definition) is 31. The molecule has 6 heterocycles. The number of ether oxygens (including phenoxy) is 9. The predicted molar refractivity (Wildman–Crippen MR) is 420 cm³/mol. The molecule has 0 aromatic carbocycles. The van der Waals surface area contributed by atoms with Crippen molar-refractivity contribution in [2.24, 2.45) is 23.2 Å². The van der Waals surface area contributed by atoms with E-state index in [1.807, 2.05) is 20.8 Å². The maximum atomic E-state index is 13.1. The van der Waals surface area contributed by atoms with Crippen LogP contribution in [-0.4, -0.2) is 335 Å². The normalized spacial score (nSPS) is 28.5. The highest BCUT2D eigenvalue weighted by molar-refractivity contribution is 7.48. The van der Waals surface area contributed by atoms with Gasteiger partial charge in [0.05, 0.1) is 90.0 Å². The van der Waals surface area contributed by atoms with E-state index in [4.69, 9.17) is 69.8 Å². The van der Waals surface area contributed by atoms with Crippen molar-refractivity contribution < 1.29 is 163 Å². The Bertz CT molecular complexity index is 2710. The number of piperidine rings is 3. The highest BCUT2D eigenvalue weighted by Crippen LogP contribution is 2.48. The van der Waals surface area contributed by atoms with Gasteiger partial charge in [0.2, 0.25) is 23.6 Å². The summed E-state index contributed by atoms with van der Waals surface area (Å²) in [7, 11) is -13.6. The molecule has 0 saturated carbocycles. The molecule has 6 aliphatic rings. The van der Waals surface area contributed by atoms with Gasteiger partial charge >= 0.3 is 23.5 Å². The number of carbonyl (C=O) groups is 4. The van der Waals surface area contributed by atoms with Crippen molar-refractivity contribution in [1.29, 1.82) is 0 Å². The van der Waals surface area contributed by atoms with E-state index in [1.165, 1.54) is 6.92 Å². The van der Waals surface area contributed by atoms with E-state index in [2.05, 4.69) is 26.1 Å². The standard InChI is InChI=1S/C68H125N4O34P3.C4H10.C2H6.CH4/c1-5-24-68(43-92-31-12-37-98-107(86,87)104-49-18-25-70(26-19-49)55(77)15-6-9-34-95-65-46(2)59(80)61(82)52(40-73)101-65,44-93-32-13-38-99-108(88,89)105-50-20-27-71(28-21-50)56(78)16-7-10-35-96-66-47(3)60(81)62(83)53(41-74)102-66)45-94-33-14-39-100-109(90,91)106-51-22-29-72(30-23-51)57(79)17-8-11-36-97-67-58(69-48(4)76)64(85)63(84)54(42-75)103-67;1-4(2)3;1-2;/h46-47,49-54,58-67,73-75,80-85H,5-45H2,1-4H3,(H,69,76)(H,86,87)(H,88,89)(H,90,91);4H,1-3H3;1-2H3;1H4/t46?,47?,52?,53?,54?,58?,59-,60-,61+,62+,63+,64-,65-,66-,67-,68?;;;/m1.../s1. The van der Waals surface area contributed by atoms with Crippen molar-refractivity contribution in [1.82, 2.24) is 20.0 Å². The zero-order chi connectivity index (χ0) is 85.3. The van der Waals surface area contributed by atoms with Crippen molar-refractivity contribution in [3.05, 3.63) is 0 Å². The predicted octanol–water partition coefficient (Wildman–Crippen LogP) is 4.35. The third-order valence-electron chi connectivity index (χ3n) is 20.1. The highest BCUT2D eigenvalue weighted by atomic mass is 31.2. The van der Waals surface area contributed by atoms with Crippen LogP contribution < -0.4 is 5.32 Å². The minimum atomic E-state index is -4.54. The number of hydrogen-bond donors (Lipinski definition) is 13. The molecule has 6 saturated heterocycles. The van der Waals surface area contributed by atoms with Gasteiger partial charge in [-0.1, -0.05) is 69.2 Å². The van der Waals surface area contributed by atoms with Crippen LogP contribution in [0, 0.1) is 23.2 Å². The minimum Gasteiger partial charge on any atom is -0.394 e. The molecule has 18 atom stereocenters. The number of amides is 4.